The highest BCUT2D eigenvalue weighted by Crippen LogP contribution is 2.56. The summed E-state index contributed by atoms with van der Waals surface area (Å²) in [7, 11) is -0.579. The van der Waals surface area contributed by atoms with Crippen LogP contribution in [0.25, 0.3) is 0 Å². The smallest absolute Gasteiger partial charge is 0.242 e. The minimum Gasteiger partial charge on any atom is -0.496 e. The first kappa shape index (κ1) is 20.5. The second-order valence-corrected chi connectivity index (χ2v) is 10.5. The van der Waals surface area contributed by atoms with Gasteiger partial charge in [-0.1, -0.05) is 0 Å². The first-order valence-electron chi connectivity index (χ1n) is 8.58. The molecule has 9 heteroatoms. The lowest BCUT2D eigenvalue weighted by atomic mass is 9.50. The molecule has 0 aliphatic heterocycles. The molecule has 0 radical (unpaired) electrons. The van der Waals surface area contributed by atoms with E-state index in [9.17, 15) is 8.42 Å². The highest BCUT2D eigenvalue weighted by atomic mass is 79.9. The van der Waals surface area contributed by atoms with Crippen LogP contribution in [-0.2, 0) is 14.8 Å². The highest BCUT2D eigenvalue weighted by Gasteiger charge is 2.56. The zero-order valence-electron chi connectivity index (χ0n) is 14.8. The first-order chi connectivity index (χ1) is 12.3. The predicted molar refractivity (Wildman–Crippen MR) is 107 cm³/mol. The van der Waals surface area contributed by atoms with Gasteiger partial charge < -0.3 is 14.8 Å². The number of hydrogen-bond donors (Lipinski definition) is 2. The van der Waals surface area contributed by atoms with E-state index in [1.54, 1.807) is 13.2 Å². The zero-order chi connectivity index (χ0) is 18.9. The standard InChI is InChI=1S/C17H24Br2N2O4S/c1-24-4-3-12(10-20-17-7-11(8-17)9-17)21-26(22,23)16-6-15(25-2)13(18)5-14(16)19/h5-6,11-12,20-21H,3-4,7-10H2,1-2H3/t11?,12-,17?/m1/s1. The van der Waals surface area contributed by atoms with Crippen LogP contribution in [0.4, 0.5) is 0 Å². The number of halogens is 2. The Kier molecular flexibility index (Phi) is 6.36. The van der Waals surface area contributed by atoms with Gasteiger partial charge in [0, 0.05) is 42.4 Å². The molecule has 26 heavy (non-hydrogen) atoms. The van der Waals surface area contributed by atoms with Crippen LogP contribution in [-0.4, -0.2) is 47.4 Å². The molecule has 0 unspecified atom stereocenters. The lowest BCUT2D eigenvalue weighted by Gasteiger charge is -2.62. The van der Waals surface area contributed by atoms with Gasteiger partial charge in [-0.25, -0.2) is 13.1 Å². The summed E-state index contributed by atoms with van der Waals surface area (Å²) in [5.74, 6) is 1.34. The molecule has 0 aromatic heterocycles. The number of ether oxygens (including phenoxy) is 2. The van der Waals surface area contributed by atoms with Gasteiger partial charge in [-0.3, -0.25) is 0 Å². The topological polar surface area (TPSA) is 76.7 Å². The largest absolute Gasteiger partial charge is 0.496 e. The average Bonchev–Trinajstić information content (AvgIpc) is 2.49. The van der Waals surface area contributed by atoms with Crippen LogP contribution < -0.4 is 14.8 Å². The SMILES string of the molecule is COCC[C@H](CNC12CC(C1)C2)NS(=O)(=O)c1cc(OC)c(Br)cc1Br. The third-order valence-electron chi connectivity index (χ3n) is 5.25. The van der Waals surface area contributed by atoms with Crippen molar-refractivity contribution in [1.29, 1.82) is 0 Å². The monoisotopic (exact) mass is 510 g/mol. The van der Waals surface area contributed by atoms with Gasteiger partial charge in [-0.15, -0.1) is 0 Å². The van der Waals surface area contributed by atoms with E-state index in [2.05, 4.69) is 41.9 Å². The van der Waals surface area contributed by atoms with Gasteiger partial charge in [-0.2, -0.15) is 0 Å². The molecule has 1 aromatic carbocycles. The molecule has 0 spiro atoms. The molecule has 6 nitrogen and oxygen atoms in total. The summed E-state index contributed by atoms with van der Waals surface area (Å²) in [6, 6.07) is 2.95. The molecule has 4 rings (SSSR count). The van der Waals surface area contributed by atoms with Crippen LogP contribution in [0.5, 0.6) is 5.75 Å². The van der Waals surface area contributed by atoms with Gasteiger partial charge in [0.1, 0.15) is 5.75 Å². The molecule has 3 fully saturated rings. The fourth-order valence-corrected chi connectivity index (χ4v) is 6.79. The number of benzene rings is 1. The molecular weight excluding hydrogens is 488 g/mol. The Morgan fingerprint density at radius 1 is 1.23 bits per heavy atom. The minimum absolute atomic E-state index is 0.158. The molecular formula is C17H24Br2N2O4S. The Labute approximate surface area is 171 Å². The van der Waals surface area contributed by atoms with Gasteiger partial charge in [0.15, 0.2) is 0 Å². The number of hydrogen-bond acceptors (Lipinski definition) is 5. The van der Waals surface area contributed by atoms with Crippen molar-refractivity contribution in [2.75, 3.05) is 27.4 Å². The van der Waals surface area contributed by atoms with Crippen molar-refractivity contribution < 1.29 is 17.9 Å². The van der Waals surface area contributed by atoms with Gasteiger partial charge in [-0.05, 0) is 69.5 Å². The normalized spacial score (nSPS) is 25.3. The summed E-state index contributed by atoms with van der Waals surface area (Å²) >= 11 is 6.70. The van der Waals surface area contributed by atoms with E-state index in [0.717, 1.165) is 5.92 Å². The first-order valence-corrected chi connectivity index (χ1v) is 11.6. The summed E-state index contributed by atoms with van der Waals surface area (Å²) in [4.78, 5) is 0.158. The molecule has 3 aliphatic carbocycles. The molecule has 0 amide bonds. The third-order valence-corrected chi connectivity index (χ3v) is 8.35. The second-order valence-electron chi connectivity index (χ2n) is 7.16. The molecule has 3 saturated carbocycles. The Bertz CT molecular complexity index is 755. The number of sulfonamides is 1. The fraction of sp³-hybridized carbons (Fsp3) is 0.647. The number of methoxy groups -OCH3 is 2. The van der Waals surface area contributed by atoms with E-state index in [1.165, 1.54) is 32.4 Å². The lowest BCUT2D eigenvalue weighted by molar-refractivity contribution is -0.0517. The van der Waals surface area contributed by atoms with Crippen LogP contribution in [0.3, 0.4) is 0 Å². The Balaban J connectivity index is 1.73. The summed E-state index contributed by atoms with van der Waals surface area (Å²) in [5.41, 5.74) is 0.253. The van der Waals surface area contributed by atoms with E-state index < -0.39 is 10.0 Å². The van der Waals surface area contributed by atoms with Crippen LogP contribution in [0.1, 0.15) is 25.7 Å². The van der Waals surface area contributed by atoms with Crippen LogP contribution in [0.2, 0.25) is 0 Å². The van der Waals surface area contributed by atoms with E-state index in [-0.39, 0.29) is 16.5 Å². The maximum Gasteiger partial charge on any atom is 0.242 e. The van der Waals surface area contributed by atoms with Crippen LogP contribution >= 0.6 is 31.9 Å². The highest BCUT2D eigenvalue weighted by molar-refractivity contribution is 9.11. The van der Waals surface area contributed by atoms with Crippen molar-refractivity contribution in [1.82, 2.24) is 10.0 Å². The summed E-state index contributed by atoms with van der Waals surface area (Å²) in [5, 5.41) is 3.56. The molecule has 0 heterocycles. The molecule has 3 aliphatic rings. The van der Waals surface area contributed by atoms with Gasteiger partial charge >= 0.3 is 0 Å². The predicted octanol–water partition coefficient (Wildman–Crippen LogP) is 3.05. The van der Waals surface area contributed by atoms with Gasteiger partial charge in [0.05, 0.1) is 16.5 Å². The zero-order valence-corrected chi connectivity index (χ0v) is 18.8. The summed E-state index contributed by atoms with van der Waals surface area (Å²) in [6.45, 7) is 1.09. The van der Waals surface area contributed by atoms with E-state index in [0.29, 0.717) is 34.3 Å². The maximum atomic E-state index is 12.9. The quantitative estimate of drug-likeness (QED) is 0.505. The van der Waals surface area contributed by atoms with Gasteiger partial charge in [0.25, 0.3) is 0 Å². The minimum atomic E-state index is -3.71. The van der Waals surface area contributed by atoms with Crippen molar-refractivity contribution in [3.05, 3.63) is 21.1 Å². The Morgan fingerprint density at radius 3 is 2.46 bits per heavy atom. The summed E-state index contributed by atoms with van der Waals surface area (Å²) < 4.78 is 40.3. The molecule has 1 atom stereocenters. The van der Waals surface area contributed by atoms with Crippen molar-refractivity contribution in [3.8, 4) is 5.75 Å². The van der Waals surface area contributed by atoms with Crippen LogP contribution in [0.15, 0.2) is 26.0 Å². The van der Waals surface area contributed by atoms with Crippen molar-refractivity contribution in [2.24, 2.45) is 5.92 Å². The molecule has 146 valence electrons. The Morgan fingerprint density at radius 2 is 1.92 bits per heavy atom. The number of rotatable bonds is 10. The molecule has 2 N–H and O–H groups in total. The third kappa shape index (κ3) is 4.28. The Hall–Kier alpha value is -0.190. The molecule has 0 saturated heterocycles. The lowest BCUT2D eigenvalue weighted by Crippen LogP contribution is -2.68. The number of nitrogens with one attached hydrogen (secondary N) is 2. The fourth-order valence-electron chi connectivity index (χ4n) is 3.65. The van der Waals surface area contributed by atoms with Crippen LogP contribution in [0, 0.1) is 5.92 Å². The van der Waals surface area contributed by atoms with E-state index >= 15 is 0 Å². The van der Waals surface area contributed by atoms with Crippen molar-refractivity contribution in [3.63, 3.8) is 0 Å². The summed E-state index contributed by atoms with van der Waals surface area (Å²) in [6.07, 6.45) is 4.25. The van der Waals surface area contributed by atoms with E-state index in [1.807, 2.05) is 0 Å². The van der Waals surface area contributed by atoms with Gasteiger partial charge in [0.2, 0.25) is 10.0 Å². The molecule has 2 bridgehead atoms. The van der Waals surface area contributed by atoms with E-state index in [4.69, 9.17) is 9.47 Å². The maximum absolute atomic E-state index is 12.9. The van der Waals surface area contributed by atoms with Crippen molar-refractivity contribution in [2.45, 2.75) is 42.2 Å². The van der Waals surface area contributed by atoms with Crippen molar-refractivity contribution >= 4 is 41.9 Å². The second kappa shape index (κ2) is 8.05. The molecule has 1 aromatic rings. The average molecular weight is 512 g/mol.